The highest BCUT2D eigenvalue weighted by Gasteiger charge is 2.51. The third kappa shape index (κ3) is 4.63. The fourth-order valence-electron chi connectivity index (χ4n) is 6.22. The molecule has 6 nitrogen and oxygen atoms in total. The van der Waals surface area contributed by atoms with E-state index in [1.54, 1.807) is 6.08 Å². The Labute approximate surface area is 183 Å². The van der Waals surface area contributed by atoms with E-state index in [1.807, 2.05) is 12.1 Å². The van der Waals surface area contributed by atoms with Gasteiger partial charge in [0.2, 0.25) is 5.90 Å². The van der Waals surface area contributed by atoms with Crippen LogP contribution in [0.5, 0.6) is 0 Å². The number of carbonyl (C=O) groups excluding carboxylic acids is 1. The van der Waals surface area contributed by atoms with Crippen molar-refractivity contribution in [3.8, 4) is 0 Å². The molecule has 4 aliphatic carbocycles. The van der Waals surface area contributed by atoms with Gasteiger partial charge in [-0.3, -0.25) is 4.79 Å². The lowest BCUT2D eigenvalue weighted by Crippen LogP contribution is -2.60. The van der Waals surface area contributed by atoms with Gasteiger partial charge in [-0.2, -0.15) is 4.99 Å². The Morgan fingerprint density at radius 2 is 1.77 bits per heavy atom. The molecule has 0 unspecified atom stereocenters. The SMILES string of the molecule is C=C1N=C(OCc2ccc(C)cc2)C=C(OCC(=O)NC23CC4CC(CC(C4)C2)C3)N1. The maximum atomic E-state index is 12.7. The highest BCUT2D eigenvalue weighted by atomic mass is 16.5. The normalized spacial score (nSPS) is 30.9. The van der Waals surface area contributed by atoms with Crippen molar-refractivity contribution in [2.75, 3.05) is 6.61 Å². The number of aryl methyl sites for hydroxylation is 1. The zero-order valence-corrected chi connectivity index (χ0v) is 18.2. The molecule has 0 atom stereocenters. The first-order valence-electron chi connectivity index (χ1n) is 11.3. The third-order valence-electron chi connectivity index (χ3n) is 7.08. The van der Waals surface area contributed by atoms with E-state index in [2.05, 4.69) is 41.3 Å². The van der Waals surface area contributed by atoms with E-state index in [4.69, 9.17) is 9.47 Å². The molecule has 6 heteroatoms. The van der Waals surface area contributed by atoms with Gasteiger partial charge >= 0.3 is 0 Å². The Kier molecular flexibility index (Phi) is 5.24. The largest absolute Gasteiger partial charge is 0.473 e. The average Bonchev–Trinajstić information content (AvgIpc) is 2.70. The van der Waals surface area contributed by atoms with E-state index in [1.165, 1.54) is 24.8 Å². The van der Waals surface area contributed by atoms with E-state index in [-0.39, 0.29) is 18.1 Å². The molecule has 1 aliphatic heterocycles. The lowest BCUT2D eigenvalue weighted by atomic mass is 9.53. The summed E-state index contributed by atoms with van der Waals surface area (Å²) in [4.78, 5) is 17.0. The number of hydrogen-bond acceptors (Lipinski definition) is 5. The predicted molar refractivity (Wildman–Crippen MR) is 119 cm³/mol. The molecule has 1 heterocycles. The second-order valence-electron chi connectivity index (χ2n) is 9.84. The maximum absolute atomic E-state index is 12.7. The van der Waals surface area contributed by atoms with Crippen LogP contribution in [0.4, 0.5) is 0 Å². The third-order valence-corrected chi connectivity index (χ3v) is 7.08. The van der Waals surface area contributed by atoms with Gasteiger partial charge in [-0.25, -0.2) is 0 Å². The lowest BCUT2D eigenvalue weighted by Gasteiger charge is -2.56. The summed E-state index contributed by atoms with van der Waals surface area (Å²) in [5, 5.41) is 6.30. The summed E-state index contributed by atoms with van der Waals surface area (Å²) in [7, 11) is 0. The summed E-state index contributed by atoms with van der Waals surface area (Å²) in [6.07, 6.45) is 9.13. The molecule has 5 aliphatic rings. The van der Waals surface area contributed by atoms with Crippen molar-refractivity contribution in [2.24, 2.45) is 22.7 Å². The molecule has 0 spiro atoms. The summed E-state index contributed by atoms with van der Waals surface area (Å²) in [5.41, 5.74) is 2.26. The Hall–Kier alpha value is -2.76. The molecule has 4 fully saturated rings. The number of rotatable bonds is 6. The number of benzene rings is 1. The smallest absolute Gasteiger partial charge is 0.258 e. The number of ether oxygens (including phenoxy) is 2. The van der Waals surface area contributed by atoms with Crippen LogP contribution in [-0.4, -0.2) is 24.0 Å². The number of nitrogens with one attached hydrogen (secondary N) is 2. The Balaban J connectivity index is 1.14. The standard InChI is InChI=1S/C25H31N3O3/c1-16-3-5-18(6-4-16)14-30-23-10-24(27-17(2)26-23)31-15-22(29)28-25-11-19-7-20(12-25)9-21(8-19)13-25/h3-6,10,19-21,27H,2,7-9,11-15H2,1H3,(H,28,29). The Bertz CT molecular complexity index is 897. The van der Waals surface area contributed by atoms with Gasteiger partial charge in [0.05, 0.1) is 6.08 Å². The van der Waals surface area contributed by atoms with E-state index in [0.29, 0.717) is 24.2 Å². The van der Waals surface area contributed by atoms with Gasteiger partial charge in [-0.1, -0.05) is 36.4 Å². The van der Waals surface area contributed by atoms with Gasteiger partial charge in [0.1, 0.15) is 12.4 Å². The first-order valence-corrected chi connectivity index (χ1v) is 11.3. The minimum Gasteiger partial charge on any atom is -0.473 e. The molecule has 0 radical (unpaired) electrons. The highest BCUT2D eigenvalue weighted by Crippen LogP contribution is 2.55. The monoisotopic (exact) mass is 421 g/mol. The second kappa shape index (κ2) is 8.06. The molecule has 2 N–H and O–H groups in total. The van der Waals surface area contributed by atoms with E-state index >= 15 is 0 Å². The van der Waals surface area contributed by atoms with Gasteiger partial charge in [0.25, 0.3) is 5.91 Å². The highest BCUT2D eigenvalue weighted by molar-refractivity contribution is 5.89. The molecule has 164 valence electrons. The molecule has 31 heavy (non-hydrogen) atoms. The van der Waals surface area contributed by atoms with Crippen LogP contribution in [0.15, 0.2) is 53.6 Å². The number of amides is 1. The molecule has 1 amide bonds. The molecule has 0 aromatic heterocycles. The van der Waals surface area contributed by atoms with Gasteiger partial charge in [-0.05, 0) is 68.8 Å². The Morgan fingerprint density at radius 1 is 1.13 bits per heavy atom. The van der Waals surface area contributed by atoms with Crippen LogP contribution in [0.3, 0.4) is 0 Å². The molecular weight excluding hydrogens is 390 g/mol. The van der Waals surface area contributed by atoms with Crippen LogP contribution in [0.2, 0.25) is 0 Å². The van der Waals surface area contributed by atoms with Crippen LogP contribution in [0.1, 0.15) is 49.7 Å². The van der Waals surface area contributed by atoms with Crippen molar-refractivity contribution in [1.82, 2.24) is 10.6 Å². The van der Waals surface area contributed by atoms with Crippen molar-refractivity contribution in [3.05, 3.63) is 59.8 Å². The van der Waals surface area contributed by atoms with Crippen molar-refractivity contribution < 1.29 is 14.3 Å². The molecule has 4 saturated carbocycles. The predicted octanol–water partition coefficient (Wildman–Crippen LogP) is 3.93. The topological polar surface area (TPSA) is 72.0 Å². The number of nitrogens with zero attached hydrogens (tertiary/aromatic N) is 1. The average molecular weight is 422 g/mol. The zero-order valence-electron chi connectivity index (χ0n) is 18.2. The molecule has 1 aromatic rings. The zero-order chi connectivity index (χ0) is 21.4. The number of aliphatic imine (C=N–C) groups is 1. The minimum atomic E-state index is -0.0556. The summed E-state index contributed by atoms with van der Waals surface area (Å²) in [5.74, 6) is 3.60. The van der Waals surface area contributed by atoms with Crippen molar-refractivity contribution in [1.29, 1.82) is 0 Å². The van der Waals surface area contributed by atoms with Crippen LogP contribution >= 0.6 is 0 Å². The van der Waals surface area contributed by atoms with E-state index < -0.39 is 0 Å². The summed E-state index contributed by atoms with van der Waals surface area (Å²) in [6.45, 7) is 6.28. The van der Waals surface area contributed by atoms with Gasteiger partial charge in [-0.15, -0.1) is 0 Å². The van der Waals surface area contributed by atoms with Gasteiger partial charge in [0, 0.05) is 5.54 Å². The molecular formula is C25H31N3O3. The van der Waals surface area contributed by atoms with Crippen LogP contribution in [0.25, 0.3) is 0 Å². The molecule has 1 aromatic carbocycles. The first-order chi connectivity index (χ1) is 14.9. The summed E-state index contributed by atoms with van der Waals surface area (Å²) < 4.78 is 11.5. The molecule has 4 bridgehead atoms. The quantitative estimate of drug-likeness (QED) is 0.730. The molecule has 6 rings (SSSR count). The number of carbonyl (C=O) groups is 1. The van der Waals surface area contributed by atoms with Gasteiger partial charge in [0.15, 0.2) is 12.5 Å². The van der Waals surface area contributed by atoms with E-state index in [9.17, 15) is 4.79 Å². The fourth-order valence-corrected chi connectivity index (χ4v) is 6.22. The Morgan fingerprint density at radius 3 is 2.42 bits per heavy atom. The van der Waals surface area contributed by atoms with Gasteiger partial charge < -0.3 is 20.1 Å². The fraction of sp³-hybridized carbons (Fsp3) is 0.520. The summed E-state index contributed by atoms with van der Waals surface area (Å²) >= 11 is 0. The minimum absolute atomic E-state index is 0.00304. The van der Waals surface area contributed by atoms with E-state index in [0.717, 1.165) is 42.6 Å². The lowest BCUT2D eigenvalue weighted by molar-refractivity contribution is -0.130. The van der Waals surface area contributed by atoms with Crippen LogP contribution in [-0.2, 0) is 20.9 Å². The van der Waals surface area contributed by atoms with Crippen molar-refractivity contribution in [2.45, 2.75) is 57.6 Å². The van der Waals surface area contributed by atoms with Crippen molar-refractivity contribution in [3.63, 3.8) is 0 Å². The maximum Gasteiger partial charge on any atom is 0.258 e. The molecule has 0 saturated heterocycles. The van der Waals surface area contributed by atoms with Crippen molar-refractivity contribution >= 4 is 11.8 Å². The summed E-state index contributed by atoms with van der Waals surface area (Å²) in [6, 6.07) is 8.16. The first kappa shape index (κ1) is 20.2. The van der Waals surface area contributed by atoms with Crippen LogP contribution in [0, 0.1) is 24.7 Å². The second-order valence-corrected chi connectivity index (χ2v) is 9.84. The number of hydrogen-bond donors (Lipinski definition) is 2. The van der Waals surface area contributed by atoms with Crippen LogP contribution < -0.4 is 10.6 Å².